The van der Waals surface area contributed by atoms with Gasteiger partial charge in [-0.2, -0.15) is 0 Å². The lowest BCUT2D eigenvalue weighted by atomic mass is 9.85. The minimum atomic E-state index is -0.656. The molecule has 1 aliphatic rings. The molecule has 1 aromatic rings. The Bertz CT molecular complexity index is 370. The minimum Gasteiger partial charge on any atom is -0.508 e. The highest BCUT2D eigenvalue weighted by molar-refractivity contribution is 5.36. The molecule has 0 radical (unpaired) electrons. The first kappa shape index (κ1) is 11.4. The monoisotopic (exact) mass is 221 g/mol. The van der Waals surface area contributed by atoms with E-state index in [2.05, 4.69) is 5.32 Å². The number of aryl methyl sites for hydroxylation is 1. The van der Waals surface area contributed by atoms with E-state index in [-0.39, 0.29) is 5.75 Å². The lowest BCUT2D eigenvalue weighted by molar-refractivity contribution is 0.0104. The molecule has 16 heavy (non-hydrogen) atoms. The highest BCUT2D eigenvalue weighted by atomic mass is 16.3. The van der Waals surface area contributed by atoms with Gasteiger partial charge in [-0.1, -0.05) is 17.7 Å². The number of phenols is 1. The lowest BCUT2D eigenvalue weighted by Gasteiger charge is -2.32. The molecule has 0 aliphatic carbocycles. The summed E-state index contributed by atoms with van der Waals surface area (Å²) in [6.45, 7) is 3.70. The average Bonchev–Trinajstić information content (AvgIpc) is 2.24. The van der Waals surface area contributed by atoms with Gasteiger partial charge in [-0.15, -0.1) is 0 Å². The number of aliphatic hydroxyl groups is 1. The third-order valence-electron chi connectivity index (χ3n) is 3.29. The van der Waals surface area contributed by atoms with Crippen molar-refractivity contribution in [2.75, 3.05) is 13.1 Å². The molecule has 0 atom stereocenters. The van der Waals surface area contributed by atoms with Crippen LogP contribution in [0.2, 0.25) is 0 Å². The lowest BCUT2D eigenvalue weighted by Crippen LogP contribution is -2.43. The van der Waals surface area contributed by atoms with E-state index in [0.717, 1.165) is 37.1 Å². The Hall–Kier alpha value is -1.06. The third kappa shape index (κ3) is 2.54. The summed E-state index contributed by atoms with van der Waals surface area (Å²) in [7, 11) is 0. The summed E-state index contributed by atoms with van der Waals surface area (Å²) in [4.78, 5) is 0. The van der Waals surface area contributed by atoms with Gasteiger partial charge in [-0.05, 0) is 44.5 Å². The van der Waals surface area contributed by atoms with Gasteiger partial charge in [0, 0.05) is 6.42 Å². The molecular weight excluding hydrogens is 202 g/mol. The molecule has 3 N–H and O–H groups in total. The van der Waals surface area contributed by atoms with Crippen LogP contribution < -0.4 is 5.32 Å². The summed E-state index contributed by atoms with van der Waals surface area (Å²) in [5.74, 6) is 0.289. The van der Waals surface area contributed by atoms with E-state index < -0.39 is 5.60 Å². The van der Waals surface area contributed by atoms with E-state index in [9.17, 15) is 10.2 Å². The van der Waals surface area contributed by atoms with Crippen LogP contribution in [0.3, 0.4) is 0 Å². The van der Waals surface area contributed by atoms with E-state index in [1.807, 2.05) is 19.1 Å². The molecule has 3 nitrogen and oxygen atoms in total. The van der Waals surface area contributed by atoms with Crippen LogP contribution in [0.4, 0.5) is 0 Å². The summed E-state index contributed by atoms with van der Waals surface area (Å²) in [5, 5.41) is 23.4. The molecule has 0 amide bonds. The second-order valence-corrected chi connectivity index (χ2v) is 4.78. The molecule has 1 heterocycles. The van der Waals surface area contributed by atoms with Crippen LogP contribution in [-0.4, -0.2) is 28.9 Å². The largest absolute Gasteiger partial charge is 0.508 e. The molecule has 1 aliphatic heterocycles. The zero-order valence-corrected chi connectivity index (χ0v) is 9.66. The zero-order chi connectivity index (χ0) is 11.6. The first-order valence-electron chi connectivity index (χ1n) is 5.81. The fourth-order valence-corrected chi connectivity index (χ4v) is 2.28. The Morgan fingerprint density at radius 1 is 1.31 bits per heavy atom. The summed E-state index contributed by atoms with van der Waals surface area (Å²) in [5.41, 5.74) is 1.31. The maximum atomic E-state index is 10.4. The molecule has 0 bridgehead atoms. The van der Waals surface area contributed by atoms with Gasteiger partial charge in [-0.3, -0.25) is 0 Å². The van der Waals surface area contributed by atoms with Crippen LogP contribution >= 0.6 is 0 Å². The quantitative estimate of drug-likeness (QED) is 0.706. The second-order valence-electron chi connectivity index (χ2n) is 4.78. The first-order chi connectivity index (χ1) is 7.59. The molecular formula is C13H19NO2. The Morgan fingerprint density at radius 2 is 2.00 bits per heavy atom. The van der Waals surface area contributed by atoms with Crippen LogP contribution in [0.5, 0.6) is 5.75 Å². The fourth-order valence-electron chi connectivity index (χ4n) is 2.28. The van der Waals surface area contributed by atoms with Gasteiger partial charge in [0.2, 0.25) is 0 Å². The Labute approximate surface area is 96.1 Å². The number of aromatic hydroxyl groups is 1. The molecule has 1 aromatic carbocycles. The molecule has 1 saturated heterocycles. The van der Waals surface area contributed by atoms with Crippen molar-refractivity contribution in [3.63, 3.8) is 0 Å². The van der Waals surface area contributed by atoms with Crippen molar-refractivity contribution in [3.05, 3.63) is 29.3 Å². The van der Waals surface area contributed by atoms with Crippen molar-refractivity contribution < 1.29 is 10.2 Å². The van der Waals surface area contributed by atoms with E-state index in [1.54, 1.807) is 6.07 Å². The maximum Gasteiger partial charge on any atom is 0.118 e. The predicted octanol–water partition coefficient (Wildman–Crippen LogP) is 1.36. The van der Waals surface area contributed by atoms with Crippen LogP contribution in [0.1, 0.15) is 24.0 Å². The first-order valence-corrected chi connectivity index (χ1v) is 5.81. The van der Waals surface area contributed by atoms with Crippen LogP contribution in [0, 0.1) is 6.92 Å². The second kappa shape index (κ2) is 4.44. The number of phenolic OH excluding ortho intramolecular Hbond substituents is 1. The van der Waals surface area contributed by atoms with Gasteiger partial charge in [0.1, 0.15) is 5.75 Å². The number of piperidine rings is 1. The topological polar surface area (TPSA) is 52.5 Å². The maximum absolute atomic E-state index is 10.4. The number of hydrogen-bond donors (Lipinski definition) is 3. The van der Waals surface area contributed by atoms with Crippen LogP contribution in [0.25, 0.3) is 0 Å². The SMILES string of the molecule is Cc1ccc(O)c(CC2(O)CCNCC2)c1. The Balaban J connectivity index is 2.15. The minimum absolute atomic E-state index is 0.289. The Morgan fingerprint density at radius 3 is 2.69 bits per heavy atom. The van der Waals surface area contributed by atoms with Crippen LogP contribution in [-0.2, 0) is 6.42 Å². The summed E-state index contributed by atoms with van der Waals surface area (Å²) < 4.78 is 0. The van der Waals surface area contributed by atoms with Crippen molar-refractivity contribution >= 4 is 0 Å². The van der Waals surface area contributed by atoms with Gasteiger partial charge in [0.05, 0.1) is 5.60 Å². The summed E-state index contributed by atoms with van der Waals surface area (Å²) >= 11 is 0. The third-order valence-corrected chi connectivity index (χ3v) is 3.29. The Kier molecular flexibility index (Phi) is 3.17. The smallest absolute Gasteiger partial charge is 0.118 e. The molecule has 0 unspecified atom stereocenters. The van der Waals surface area contributed by atoms with E-state index in [0.29, 0.717) is 6.42 Å². The number of hydrogen-bond acceptors (Lipinski definition) is 3. The van der Waals surface area contributed by atoms with Gasteiger partial charge in [0.25, 0.3) is 0 Å². The molecule has 0 saturated carbocycles. The van der Waals surface area contributed by atoms with Crippen molar-refractivity contribution in [2.24, 2.45) is 0 Å². The van der Waals surface area contributed by atoms with Crippen molar-refractivity contribution in [1.82, 2.24) is 5.32 Å². The van der Waals surface area contributed by atoms with Gasteiger partial charge >= 0.3 is 0 Å². The molecule has 88 valence electrons. The molecule has 0 aromatic heterocycles. The number of benzene rings is 1. The van der Waals surface area contributed by atoms with Crippen molar-refractivity contribution in [1.29, 1.82) is 0 Å². The standard InChI is InChI=1S/C13H19NO2/c1-10-2-3-12(15)11(8-10)9-13(16)4-6-14-7-5-13/h2-3,8,14-16H,4-7,9H2,1H3. The van der Waals surface area contributed by atoms with Gasteiger partial charge in [0.15, 0.2) is 0 Å². The predicted molar refractivity (Wildman–Crippen MR) is 63.6 cm³/mol. The molecule has 0 spiro atoms. The normalized spacial score (nSPS) is 19.6. The van der Waals surface area contributed by atoms with E-state index in [1.165, 1.54) is 0 Å². The van der Waals surface area contributed by atoms with E-state index >= 15 is 0 Å². The molecule has 2 rings (SSSR count). The molecule has 3 heteroatoms. The van der Waals surface area contributed by atoms with Crippen LogP contribution in [0.15, 0.2) is 18.2 Å². The van der Waals surface area contributed by atoms with Gasteiger partial charge < -0.3 is 15.5 Å². The zero-order valence-electron chi connectivity index (χ0n) is 9.66. The number of rotatable bonds is 2. The highest BCUT2D eigenvalue weighted by Crippen LogP contribution is 2.28. The van der Waals surface area contributed by atoms with Gasteiger partial charge in [-0.25, -0.2) is 0 Å². The van der Waals surface area contributed by atoms with Crippen molar-refractivity contribution in [2.45, 2.75) is 31.8 Å². The summed E-state index contributed by atoms with van der Waals surface area (Å²) in [6, 6.07) is 5.54. The van der Waals surface area contributed by atoms with Crippen molar-refractivity contribution in [3.8, 4) is 5.75 Å². The molecule has 1 fully saturated rings. The van der Waals surface area contributed by atoms with E-state index in [4.69, 9.17) is 0 Å². The average molecular weight is 221 g/mol. The highest BCUT2D eigenvalue weighted by Gasteiger charge is 2.30. The summed E-state index contributed by atoms with van der Waals surface area (Å²) in [6.07, 6.45) is 2.04. The fraction of sp³-hybridized carbons (Fsp3) is 0.538. The number of nitrogens with one attached hydrogen (secondary N) is 1.